The molecule has 0 spiro atoms. The zero-order valence-electron chi connectivity index (χ0n) is 9.10. The van der Waals surface area contributed by atoms with Gasteiger partial charge in [0.1, 0.15) is 0 Å². The summed E-state index contributed by atoms with van der Waals surface area (Å²) in [5.74, 6) is -0.456. The van der Waals surface area contributed by atoms with Gasteiger partial charge in [0, 0.05) is 16.1 Å². The predicted molar refractivity (Wildman–Crippen MR) is 64.6 cm³/mol. The van der Waals surface area contributed by atoms with Crippen molar-refractivity contribution in [3.63, 3.8) is 0 Å². The summed E-state index contributed by atoms with van der Waals surface area (Å²) < 4.78 is 26.4. The van der Waals surface area contributed by atoms with Crippen molar-refractivity contribution < 1.29 is 13.2 Å². The quantitative estimate of drug-likeness (QED) is 0.915. The first-order valence-electron chi connectivity index (χ1n) is 5.02. The van der Waals surface area contributed by atoms with Gasteiger partial charge in [0.05, 0.1) is 0 Å². The number of hydrogen-bond acceptors (Lipinski definition) is 4. The van der Waals surface area contributed by atoms with Crippen molar-refractivity contribution in [3.8, 4) is 0 Å². The van der Waals surface area contributed by atoms with Crippen molar-refractivity contribution in [3.05, 3.63) is 22.8 Å². The van der Waals surface area contributed by atoms with Gasteiger partial charge in [-0.15, -0.1) is 0 Å². The number of pyridine rings is 1. The lowest BCUT2D eigenvalue weighted by atomic mass is 10.1. The standard InChI is InChI=1S/C10H11BrN2O3S/c1-10(4-5-10)9(14)13-17(15,16)8-3-2-7(11)6-12-8/h2-3,6H,4-5H2,1H3,(H,13,14). The van der Waals surface area contributed by atoms with Gasteiger partial charge in [-0.1, -0.05) is 6.92 Å². The van der Waals surface area contributed by atoms with Gasteiger partial charge in [0.25, 0.3) is 10.0 Å². The molecule has 0 atom stereocenters. The minimum atomic E-state index is -3.85. The number of carbonyl (C=O) groups is 1. The van der Waals surface area contributed by atoms with Crippen molar-refractivity contribution in [2.24, 2.45) is 5.41 Å². The fourth-order valence-electron chi connectivity index (χ4n) is 1.23. The number of amides is 1. The number of halogens is 1. The van der Waals surface area contributed by atoms with Crippen LogP contribution in [0, 0.1) is 5.41 Å². The number of rotatable bonds is 3. The van der Waals surface area contributed by atoms with E-state index in [0.29, 0.717) is 4.47 Å². The Balaban J connectivity index is 2.19. The summed E-state index contributed by atoms with van der Waals surface area (Å²) in [7, 11) is -3.85. The molecule has 0 aliphatic heterocycles. The lowest BCUT2D eigenvalue weighted by Crippen LogP contribution is -2.35. The summed E-state index contributed by atoms with van der Waals surface area (Å²) in [6.45, 7) is 1.74. The highest BCUT2D eigenvalue weighted by Gasteiger charge is 2.46. The SMILES string of the molecule is CC1(C(=O)NS(=O)(=O)c2ccc(Br)cn2)CC1. The smallest absolute Gasteiger partial charge is 0.273 e. The third kappa shape index (κ3) is 2.66. The maximum Gasteiger partial charge on any atom is 0.281 e. The Morgan fingerprint density at radius 2 is 2.12 bits per heavy atom. The second-order valence-corrected chi connectivity index (χ2v) is 6.85. The van der Waals surface area contributed by atoms with Gasteiger partial charge in [-0.3, -0.25) is 4.79 Å². The zero-order chi connectivity index (χ0) is 12.7. The van der Waals surface area contributed by atoms with Crippen molar-refractivity contribution >= 4 is 31.9 Å². The Kier molecular flexibility index (Phi) is 2.99. The Hall–Kier alpha value is -0.950. The molecule has 0 radical (unpaired) electrons. The molecule has 1 aromatic heterocycles. The molecule has 2 rings (SSSR count). The van der Waals surface area contributed by atoms with Crippen molar-refractivity contribution in [2.75, 3.05) is 0 Å². The van der Waals surface area contributed by atoms with Gasteiger partial charge in [-0.25, -0.2) is 9.71 Å². The number of carbonyl (C=O) groups excluding carboxylic acids is 1. The molecule has 1 saturated carbocycles. The van der Waals surface area contributed by atoms with E-state index in [1.165, 1.54) is 12.3 Å². The highest BCUT2D eigenvalue weighted by atomic mass is 79.9. The fourth-order valence-corrected chi connectivity index (χ4v) is 2.50. The third-order valence-electron chi connectivity index (χ3n) is 2.75. The maximum absolute atomic E-state index is 11.8. The van der Waals surface area contributed by atoms with Crippen LogP contribution >= 0.6 is 15.9 Å². The normalized spacial score (nSPS) is 17.5. The van der Waals surface area contributed by atoms with Crippen LogP contribution in [0.2, 0.25) is 0 Å². The first kappa shape index (κ1) is 12.5. The highest BCUT2D eigenvalue weighted by molar-refractivity contribution is 9.10. The Bertz CT molecular complexity index is 549. The monoisotopic (exact) mass is 318 g/mol. The fraction of sp³-hybridized carbons (Fsp3) is 0.400. The van der Waals surface area contributed by atoms with Crippen LogP contribution in [0.25, 0.3) is 0 Å². The maximum atomic E-state index is 11.8. The number of aromatic nitrogens is 1. The molecule has 0 saturated heterocycles. The van der Waals surface area contributed by atoms with Gasteiger partial charge < -0.3 is 0 Å². The lowest BCUT2D eigenvalue weighted by molar-refractivity contribution is -0.123. The van der Waals surface area contributed by atoms with E-state index >= 15 is 0 Å². The number of nitrogens with one attached hydrogen (secondary N) is 1. The largest absolute Gasteiger partial charge is 0.281 e. The van der Waals surface area contributed by atoms with Gasteiger partial charge >= 0.3 is 0 Å². The average molecular weight is 319 g/mol. The van der Waals surface area contributed by atoms with Crippen LogP contribution in [-0.4, -0.2) is 19.3 Å². The molecule has 0 bridgehead atoms. The zero-order valence-corrected chi connectivity index (χ0v) is 11.5. The molecule has 0 aromatic carbocycles. The molecule has 1 aromatic rings. The highest BCUT2D eigenvalue weighted by Crippen LogP contribution is 2.45. The number of nitrogens with zero attached hydrogens (tertiary/aromatic N) is 1. The third-order valence-corrected chi connectivity index (χ3v) is 4.47. The molecule has 7 heteroatoms. The summed E-state index contributed by atoms with van der Waals surface area (Å²) in [6, 6.07) is 2.90. The van der Waals surface area contributed by atoms with E-state index in [9.17, 15) is 13.2 Å². The van der Waals surface area contributed by atoms with E-state index in [2.05, 4.69) is 20.9 Å². The molecule has 1 aliphatic carbocycles. The molecule has 1 aliphatic rings. The summed E-state index contributed by atoms with van der Waals surface area (Å²) in [4.78, 5) is 15.4. The summed E-state index contributed by atoms with van der Waals surface area (Å²) in [6.07, 6.45) is 2.82. The van der Waals surface area contributed by atoms with E-state index in [4.69, 9.17) is 0 Å². The van der Waals surface area contributed by atoms with Gasteiger partial charge in [0.15, 0.2) is 5.03 Å². The van der Waals surface area contributed by atoms with E-state index in [1.807, 2.05) is 4.72 Å². The molecule has 1 N–H and O–H groups in total. The number of hydrogen-bond donors (Lipinski definition) is 1. The van der Waals surface area contributed by atoms with Crippen LogP contribution in [-0.2, 0) is 14.8 Å². The Morgan fingerprint density at radius 1 is 1.47 bits per heavy atom. The van der Waals surface area contributed by atoms with Crippen LogP contribution in [0.15, 0.2) is 27.8 Å². The molecule has 1 amide bonds. The van der Waals surface area contributed by atoms with Gasteiger partial charge in [0.2, 0.25) is 5.91 Å². The molecule has 92 valence electrons. The van der Waals surface area contributed by atoms with Crippen LogP contribution in [0.4, 0.5) is 0 Å². The molecular weight excluding hydrogens is 308 g/mol. The van der Waals surface area contributed by atoms with Gasteiger partial charge in [-0.2, -0.15) is 8.42 Å². The van der Waals surface area contributed by atoms with Crippen molar-refractivity contribution in [1.82, 2.24) is 9.71 Å². The van der Waals surface area contributed by atoms with Crippen LogP contribution in [0.5, 0.6) is 0 Å². The van der Waals surface area contributed by atoms with Gasteiger partial charge in [-0.05, 0) is 40.9 Å². The van der Waals surface area contributed by atoms with Crippen LogP contribution < -0.4 is 4.72 Å². The molecule has 17 heavy (non-hydrogen) atoms. The van der Waals surface area contributed by atoms with E-state index in [-0.39, 0.29) is 5.03 Å². The van der Waals surface area contributed by atoms with Crippen LogP contribution in [0.3, 0.4) is 0 Å². The first-order valence-corrected chi connectivity index (χ1v) is 7.30. The number of sulfonamides is 1. The first-order chi connectivity index (χ1) is 7.83. The van der Waals surface area contributed by atoms with Crippen molar-refractivity contribution in [2.45, 2.75) is 24.8 Å². The molecule has 1 heterocycles. The minimum absolute atomic E-state index is 0.154. The predicted octanol–water partition coefficient (Wildman–Crippen LogP) is 1.45. The second-order valence-electron chi connectivity index (χ2n) is 4.31. The summed E-state index contributed by atoms with van der Waals surface area (Å²) in [5.41, 5.74) is -0.525. The molecular formula is C10H11BrN2O3S. The van der Waals surface area contributed by atoms with Crippen LogP contribution in [0.1, 0.15) is 19.8 Å². The van der Waals surface area contributed by atoms with E-state index in [0.717, 1.165) is 12.8 Å². The molecule has 5 nitrogen and oxygen atoms in total. The molecule has 0 unspecified atom stereocenters. The summed E-state index contributed by atoms with van der Waals surface area (Å²) >= 11 is 3.16. The average Bonchev–Trinajstić information content (AvgIpc) is 2.98. The Morgan fingerprint density at radius 3 is 2.59 bits per heavy atom. The van der Waals surface area contributed by atoms with Crippen molar-refractivity contribution in [1.29, 1.82) is 0 Å². The van der Waals surface area contributed by atoms with E-state index in [1.54, 1.807) is 13.0 Å². The summed E-state index contributed by atoms with van der Waals surface area (Å²) in [5, 5.41) is -0.154. The lowest BCUT2D eigenvalue weighted by Gasteiger charge is -2.09. The minimum Gasteiger partial charge on any atom is -0.273 e. The topological polar surface area (TPSA) is 76.1 Å². The second kappa shape index (κ2) is 4.06. The van der Waals surface area contributed by atoms with E-state index < -0.39 is 21.3 Å². The molecule has 1 fully saturated rings. The Labute approximate surface area is 108 Å².